The SMILES string of the molecule is CCCNC(c1ccc2cccnc2c1)C1CCCO1. The number of hydrogen-bond acceptors (Lipinski definition) is 3. The summed E-state index contributed by atoms with van der Waals surface area (Å²) in [6.07, 6.45) is 5.59. The van der Waals surface area contributed by atoms with E-state index in [0.717, 1.165) is 31.5 Å². The Morgan fingerprint density at radius 1 is 1.40 bits per heavy atom. The van der Waals surface area contributed by atoms with E-state index in [-0.39, 0.29) is 6.04 Å². The van der Waals surface area contributed by atoms with Gasteiger partial charge >= 0.3 is 0 Å². The molecule has 2 unspecified atom stereocenters. The first-order valence-corrected chi connectivity index (χ1v) is 7.58. The molecule has 0 saturated carbocycles. The summed E-state index contributed by atoms with van der Waals surface area (Å²) in [6, 6.07) is 10.9. The van der Waals surface area contributed by atoms with Crippen molar-refractivity contribution in [3.05, 3.63) is 42.1 Å². The molecule has 3 rings (SSSR count). The molecule has 106 valence electrons. The quantitative estimate of drug-likeness (QED) is 0.903. The second-order valence-electron chi connectivity index (χ2n) is 5.44. The topological polar surface area (TPSA) is 34.2 Å². The van der Waals surface area contributed by atoms with Crippen LogP contribution >= 0.6 is 0 Å². The van der Waals surface area contributed by atoms with Gasteiger partial charge in [-0.1, -0.05) is 25.1 Å². The summed E-state index contributed by atoms with van der Waals surface area (Å²) in [4.78, 5) is 4.46. The zero-order valence-corrected chi connectivity index (χ0v) is 12.0. The molecule has 0 amide bonds. The molecule has 2 aromatic rings. The Balaban J connectivity index is 1.90. The molecule has 1 saturated heterocycles. The summed E-state index contributed by atoms with van der Waals surface area (Å²) in [7, 11) is 0. The van der Waals surface area contributed by atoms with E-state index in [1.807, 2.05) is 12.3 Å². The highest BCUT2D eigenvalue weighted by Crippen LogP contribution is 2.28. The first-order valence-electron chi connectivity index (χ1n) is 7.58. The van der Waals surface area contributed by atoms with E-state index in [1.165, 1.54) is 17.4 Å². The molecular weight excluding hydrogens is 248 g/mol. The van der Waals surface area contributed by atoms with Crippen LogP contribution < -0.4 is 5.32 Å². The molecule has 0 bridgehead atoms. The number of rotatable bonds is 5. The number of aromatic nitrogens is 1. The van der Waals surface area contributed by atoms with E-state index >= 15 is 0 Å². The van der Waals surface area contributed by atoms with Crippen molar-refractivity contribution >= 4 is 10.9 Å². The Hall–Kier alpha value is -1.45. The van der Waals surface area contributed by atoms with Gasteiger partial charge in [0.15, 0.2) is 0 Å². The second-order valence-corrected chi connectivity index (χ2v) is 5.44. The summed E-state index contributed by atoms with van der Waals surface area (Å²) >= 11 is 0. The van der Waals surface area contributed by atoms with Gasteiger partial charge in [0.2, 0.25) is 0 Å². The molecular formula is C17H22N2O. The van der Waals surface area contributed by atoms with Gasteiger partial charge in [0.1, 0.15) is 0 Å². The summed E-state index contributed by atoms with van der Waals surface area (Å²) in [5, 5.41) is 4.83. The fourth-order valence-corrected chi connectivity index (χ4v) is 2.91. The van der Waals surface area contributed by atoms with Gasteiger partial charge in [-0.3, -0.25) is 4.98 Å². The number of pyridine rings is 1. The molecule has 1 aromatic heterocycles. The Morgan fingerprint density at radius 2 is 2.35 bits per heavy atom. The van der Waals surface area contributed by atoms with E-state index < -0.39 is 0 Å². The van der Waals surface area contributed by atoms with Gasteiger partial charge in [-0.05, 0) is 43.5 Å². The van der Waals surface area contributed by atoms with Crippen LogP contribution in [0.1, 0.15) is 37.8 Å². The summed E-state index contributed by atoms with van der Waals surface area (Å²) < 4.78 is 5.90. The van der Waals surface area contributed by atoms with Crippen LogP contribution in [0.15, 0.2) is 36.5 Å². The highest BCUT2D eigenvalue weighted by molar-refractivity contribution is 5.79. The maximum Gasteiger partial charge on any atom is 0.0770 e. The largest absolute Gasteiger partial charge is 0.376 e. The first kappa shape index (κ1) is 13.5. The molecule has 20 heavy (non-hydrogen) atoms. The lowest BCUT2D eigenvalue weighted by molar-refractivity contribution is 0.0783. The molecule has 3 nitrogen and oxygen atoms in total. The molecule has 3 heteroatoms. The van der Waals surface area contributed by atoms with E-state index in [9.17, 15) is 0 Å². The fourth-order valence-electron chi connectivity index (χ4n) is 2.91. The standard InChI is InChI=1S/C17H22N2O/c1-2-9-19-17(16-6-4-11-20-16)14-8-7-13-5-3-10-18-15(13)12-14/h3,5,7-8,10,12,16-17,19H,2,4,6,9,11H2,1H3. The van der Waals surface area contributed by atoms with Gasteiger partial charge in [-0.25, -0.2) is 0 Å². The molecule has 0 spiro atoms. The van der Waals surface area contributed by atoms with Crippen LogP contribution in [0.4, 0.5) is 0 Å². The van der Waals surface area contributed by atoms with Crippen molar-refractivity contribution in [3.63, 3.8) is 0 Å². The molecule has 2 atom stereocenters. The maximum atomic E-state index is 5.90. The predicted molar refractivity (Wildman–Crippen MR) is 81.8 cm³/mol. The van der Waals surface area contributed by atoms with Crippen molar-refractivity contribution in [1.29, 1.82) is 0 Å². The van der Waals surface area contributed by atoms with E-state index in [4.69, 9.17) is 4.74 Å². The molecule has 0 radical (unpaired) electrons. The van der Waals surface area contributed by atoms with Crippen molar-refractivity contribution in [2.75, 3.05) is 13.2 Å². The monoisotopic (exact) mass is 270 g/mol. The van der Waals surface area contributed by atoms with Gasteiger partial charge in [-0.15, -0.1) is 0 Å². The van der Waals surface area contributed by atoms with Gasteiger partial charge in [0, 0.05) is 18.2 Å². The number of hydrogen-bond donors (Lipinski definition) is 1. The van der Waals surface area contributed by atoms with E-state index in [1.54, 1.807) is 0 Å². The minimum absolute atomic E-state index is 0.281. The average Bonchev–Trinajstić information content (AvgIpc) is 3.02. The van der Waals surface area contributed by atoms with Crippen LogP contribution in [0.5, 0.6) is 0 Å². The van der Waals surface area contributed by atoms with Crippen LogP contribution in [0, 0.1) is 0 Å². The zero-order valence-electron chi connectivity index (χ0n) is 12.0. The van der Waals surface area contributed by atoms with Gasteiger partial charge in [0.25, 0.3) is 0 Å². The van der Waals surface area contributed by atoms with Crippen molar-refractivity contribution < 1.29 is 4.74 Å². The van der Waals surface area contributed by atoms with Gasteiger partial charge in [-0.2, -0.15) is 0 Å². The average molecular weight is 270 g/mol. The van der Waals surface area contributed by atoms with E-state index in [2.05, 4.69) is 41.5 Å². The van der Waals surface area contributed by atoms with Gasteiger partial charge < -0.3 is 10.1 Å². The minimum atomic E-state index is 0.281. The van der Waals surface area contributed by atoms with Crippen molar-refractivity contribution in [2.45, 2.75) is 38.3 Å². The molecule has 1 aromatic carbocycles. The molecule has 2 heterocycles. The van der Waals surface area contributed by atoms with Crippen LogP contribution in [0.25, 0.3) is 10.9 Å². The van der Waals surface area contributed by atoms with Crippen LogP contribution in [-0.2, 0) is 4.74 Å². The van der Waals surface area contributed by atoms with Crippen LogP contribution in [-0.4, -0.2) is 24.2 Å². The lowest BCUT2D eigenvalue weighted by Crippen LogP contribution is -2.32. The second kappa shape index (κ2) is 6.33. The summed E-state index contributed by atoms with van der Waals surface area (Å²) in [5.41, 5.74) is 2.35. The summed E-state index contributed by atoms with van der Waals surface area (Å²) in [6.45, 7) is 4.10. The van der Waals surface area contributed by atoms with Crippen molar-refractivity contribution in [1.82, 2.24) is 10.3 Å². The Bertz CT molecular complexity index is 564. The van der Waals surface area contributed by atoms with Gasteiger partial charge in [0.05, 0.1) is 17.7 Å². The highest BCUT2D eigenvalue weighted by Gasteiger charge is 2.26. The molecule has 0 aliphatic carbocycles. The normalized spacial score (nSPS) is 20.4. The first-order chi connectivity index (χ1) is 9.88. The predicted octanol–water partition coefficient (Wildman–Crippen LogP) is 3.45. The Labute approximate surface area is 120 Å². The molecule has 1 aliphatic rings. The molecule has 1 fully saturated rings. The third kappa shape index (κ3) is 2.84. The summed E-state index contributed by atoms with van der Waals surface area (Å²) in [5.74, 6) is 0. The van der Waals surface area contributed by atoms with Crippen LogP contribution in [0.3, 0.4) is 0 Å². The zero-order chi connectivity index (χ0) is 13.8. The van der Waals surface area contributed by atoms with Crippen molar-refractivity contribution in [3.8, 4) is 0 Å². The third-order valence-electron chi connectivity index (χ3n) is 3.94. The number of nitrogens with one attached hydrogen (secondary N) is 1. The number of fused-ring (bicyclic) bond motifs is 1. The number of nitrogens with zero attached hydrogens (tertiary/aromatic N) is 1. The Morgan fingerprint density at radius 3 is 3.15 bits per heavy atom. The van der Waals surface area contributed by atoms with E-state index in [0.29, 0.717) is 6.10 Å². The molecule has 1 aliphatic heterocycles. The maximum absolute atomic E-state index is 5.90. The lowest BCUT2D eigenvalue weighted by atomic mass is 9.98. The smallest absolute Gasteiger partial charge is 0.0770 e. The van der Waals surface area contributed by atoms with Crippen LogP contribution in [0.2, 0.25) is 0 Å². The van der Waals surface area contributed by atoms with Crippen molar-refractivity contribution in [2.24, 2.45) is 0 Å². The number of ether oxygens (including phenoxy) is 1. The Kier molecular flexibility index (Phi) is 4.28. The third-order valence-corrected chi connectivity index (χ3v) is 3.94. The number of benzene rings is 1. The fraction of sp³-hybridized carbons (Fsp3) is 0.471. The lowest BCUT2D eigenvalue weighted by Gasteiger charge is -2.25. The minimum Gasteiger partial charge on any atom is -0.376 e. The highest BCUT2D eigenvalue weighted by atomic mass is 16.5. The molecule has 1 N–H and O–H groups in total.